The Morgan fingerprint density at radius 1 is 1.40 bits per heavy atom. The molecule has 1 aliphatic rings. The largest absolute Gasteiger partial charge is 0.545 e. The number of halogens is 3. The summed E-state index contributed by atoms with van der Waals surface area (Å²) < 4.78 is 37.8. The van der Waals surface area contributed by atoms with Crippen LogP contribution in [-0.2, 0) is 26.7 Å². The van der Waals surface area contributed by atoms with E-state index in [-0.39, 0.29) is 29.0 Å². The fraction of sp³-hybridized carbons (Fsp3) is 0.333. The van der Waals surface area contributed by atoms with Crippen molar-refractivity contribution >= 4 is 28.5 Å². The number of rotatable bonds is 3. The number of nitrogens with zero attached hydrogens (tertiary/aromatic N) is 1. The van der Waals surface area contributed by atoms with Crippen molar-refractivity contribution in [1.29, 1.82) is 0 Å². The Morgan fingerprint density at radius 3 is 2.70 bits per heavy atom. The van der Waals surface area contributed by atoms with Gasteiger partial charge in [-0.15, -0.1) is 0 Å². The minimum absolute atomic E-state index is 0.0320. The van der Waals surface area contributed by atoms with E-state index in [2.05, 4.69) is 0 Å². The zero-order valence-electron chi connectivity index (χ0n) is 10.1. The van der Waals surface area contributed by atoms with Gasteiger partial charge in [0.2, 0.25) is 0 Å². The molecule has 0 radical (unpaired) electrons. The molecule has 1 atom stereocenters. The first-order valence-electron chi connectivity index (χ1n) is 5.59. The van der Waals surface area contributed by atoms with Crippen LogP contribution in [0.3, 0.4) is 0 Å². The lowest BCUT2D eigenvalue weighted by Crippen LogP contribution is -2.32. The molecular formula is C12H10F3NO3S. The number of carbonyl (C=O) groups is 2. The zero-order chi connectivity index (χ0) is 14.9. The molecule has 4 nitrogen and oxygen atoms in total. The van der Waals surface area contributed by atoms with Gasteiger partial charge in [-0.25, -0.2) is 0 Å². The molecule has 1 aromatic carbocycles. The third-order valence-corrected chi connectivity index (χ3v) is 4.67. The van der Waals surface area contributed by atoms with Crippen LogP contribution >= 0.6 is 0 Å². The van der Waals surface area contributed by atoms with E-state index in [4.69, 9.17) is 0 Å². The molecule has 1 unspecified atom stereocenters. The standard InChI is InChI=1S/C12H10F3NO3S/c13-12(14,15)8-2-1-3-9(4-8)16-7-20(5-10(16)17)6-11(18)19/h1-4H,5-7H2. The number of anilines is 1. The normalized spacial score (nSPS) is 19.4. The first-order chi connectivity index (χ1) is 9.27. The Balaban J connectivity index is 2.20. The van der Waals surface area contributed by atoms with E-state index in [0.717, 1.165) is 12.1 Å². The molecule has 1 aromatic rings. The molecule has 2 rings (SSSR count). The smallest absolute Gasteiger partial charge is 0.416 e. The van der Waals surface area contributed by atoms with Gasteiger partial charge in [0.05, 0.1) is 11.5 Å². The van der Waals surface area contributed by atoms with Gasteiger partial charge in [-0.1, -0.05) is 6.07 Å². The molecule has 1 amide bonds. The molecule has 0 aliphatic carbocycles. The van der Waals surface area contributed by atoms with E-state index < -0.39 is 28.6 Å². The molecule has 108 valence electrons. The quantitative estimate of drug-likeness (QED) is 0.759. The van der Waals surface area contributed by atoms with Gasteiger partial charge in [0, 0.05) is 16.6 Å². The summed E-state index contributed by atoms with van der Waals surface area (Å²) >= 11 is 0. The molecule has 0 N–H and O–H groups in total. The number of hydrogen-bond donors (Lipinski definition) is 0. The van der Waals surface area contributed by atoms with Crippen molar-refractivity contribution in [2.75, 3.05) is 22.3 Å². The summed E-state index contributed by atoms with van der Waals surface area (Å²) in [5.74, 6) is -1.72. The van der Waals surface area contributed by atoms with Crippen molar-refractivity contribution < 1.29 is 27.9 Å². The lowest BCUT2D eigenvalue weighted by Gasteiger charge is -2.14. The number of carbonyl (C=O) groups excluding carboxylic acids is 2. The number of carboxylic acids is 1. The predicted molar refractivity (Wildman–Crippen MR) is 65.9 cm³/mol. The molecule has 1 fully saturated rings. The molecule has 1 saturated heterocycles. The van der Waals surface area contributed by atoms with Crippen molar-refractivity contribution in [2.24, 2.45) is 0 Å². The molecule has 1 aliphatic heterocycles. The maximum absolute atomic E-state index is 12.6. The van der Waals surface area contributed by atoms with Crippen LogP contribution in [0.1, 0.15) is 5.56 Å². The van der Waals surface area contributed by atoms with Crippen LogP contribution in [0.4, 0.5) is 18.9 Å². The molecule has 0 spiro atoms. The predicted octanol–water partition coefficient (Wildman–Crippen LogP) is 0.378. The van der Waals surface area contributed by atoms with Gasteiger partial charge in [-0.05, 0) is 18.2 Å². The van der Waals surface area contributed by atoms with Gasteiger partial charge >= 0.3 is 6.18 Å². The Hall–Kier alpha value is -1.70. The highest BCUT2D eigenvalue weighted by molar-refractivity contribution is 7.98. The van der Waals surface area contributed by atoms with Crippen molar-refractivity contribution in [1.82, 2.24) is 0 Å². The molecule has 8 heteroatoms. The number of aliphatic carboxylic acids is 1. The summed E-state index contributed by atoms with van der Waals surface area (Å²) in [5, 5.41) is 10.5. The van der Waals surface area contributed by atoms with Crippen molar-refractivity contribution in [2.45, 2.75) is 6.18 Å². The second-order valence-corrected chi connectivity index (χ2v) is 6.33. The van der Waals surface area contributed by atoms with Crippen LogP contribution in [-0.4, -0.2) is 29.3 Å². The summed E-state index contributed by atoms with van der Waals surface area (Å²) in [6.45, 7) is 0. The van der Waals surface area contributed by atoms with E-state index in [1.165, 1.54) is 17.0 Å². The number of amides is 1. The Labute approximate surface area is 115 Å². The molecule has 20 heavy (non-hydrogen) atoms. The number of benzene rings is 1. The molecule has 0 aromatic heterocycles. The van der Waals surface area contributed by atoms with E-state index in [0.29, 0.717) is 0 Å². The number of carboxylic acid groups (broad SMARTS) is 1. The fourth-order valence-electron chi connectivity index (χ4n) is 1.88. The number of alkyl halides is 3. The third-order valence-electron chi connectivity index (χ3n) is 2.75. The first-order valence-corrected chi connectivity index (χ1v) is 7.32. The summed E-state index contributed by atoms with van der Waals surface area (Å²) in [4.78, 5) is 23.5. The lowest BCUT2D eigenvalue weighted by atomic mass is 10.2. The van der Waals surface area contributed by atoms with Crippen LogP contribution < -0.4 is 10.0 Å². The van der Waals surface area contributed by atoms with E-state index in [1.54, 1.807) is 0 Å². The molecule has 0 bridgehead atoms. The van der Waals surface area contributed by atoms with Crippen LogP contribution in [0.5, 0.6) is 0 Å². The summed E-state index contributed by atoms with van der Waals surface area (Å²) in [7, 11) is -0.713. The van der Waals surface area contributed by atoms with Crippen LogP contribution in [0.2, 0.25) is 0 Å². The third kappa shape index (κ3) is 3.24. The van der Waals surface area contributed by atoms with Crippen molar-refractivity contribution in [3.63, 3.8) is 0 Å². The maximum atomic E-state index is 12.6. The SMILES string of the molecule is O=C([O-])C[S+]1CC(=O)N(c2cccc(C(F)(F)F)c2)C1. The number of hydrogen-bond acceptors (Lipinski definition) is 3. The lowest BCUT2D eigenvalue weighted by molar-refractivity contribution is -0.301. The van der Waals surface area contributed by atoms with Crippen LogP contribution in [0.15, 0.2) is 24.3 Å². The van der Waals surface area contributed by atoms with E-state index in [1.807, 2.05) is 0 Å². The van der Waals surface area contributed by atoms with Gasteiger partial charge in [-0.3, -0.25) is 9.69 Å². The summed E-state index contributed by atoms with van der Waals surface area (Å²) in [6.07, 6.45) is -4.48. The highest BCUT2D eigenvalue weighted by Crippen LogP contribution is 2.32. The van der Waals surface area contributed by atoms with Crippen molar-refractivity contribution in [3.05, 3.63) is 29.8 Å². The highest BCUT2D eigenvalue weighted by atomic mass is 32.2. The van der Waals surface area contributed by atoms with E-state index in [9.17, 15) is 27.9 Å². The molecule has 1 heterocycles. The zero-order valence-corrected chi connectivity index (χ0v) is 11.0. The van der Waals surface area contributed by atoms with Gasteiger partial charge < -0.3 is 9.90 Å². The monoisotopic (exact) mass is 305 g/mol. The molecule has 0 saturated carbocycles. The van der Waals surface area contributed by atoms with Gasteiger partial charge in [-0.2, -0.15) is 13.2 Å². The second kappa shape index (κ2) is 5.35. The summed E-state index contributed by atoms with van der Waals surface area (Å²) in [6, 6.07) is 4.44. The van der Waals surface area contributed by atoms with Gasteiger partial charge in [0.15, 0.2) is 11.6 Å². The first kappa shape index (κ1) is 14.7. The van der Waals surface area contributed by atoms with Crippen LogP contribution in [0.25, 0.3) is 0 Å². The van der Waals surface area contributed by atoms with Gasteiger partial charge in [0.1, 0.15) is 5.75 Å². The van der Waals surface area contributed by atoms with Crippen molar-refractivity contribution in [3.8, 4) is 0 Å². The Bertz CT molecular complexity index is 547. The van der Waals surface area contributed by atoms with E-state index >= 15 is 0 Å². The summed E-state index contributed by atoms with van der Waals surface area (Å²) in [5.41, 5.74) is -0.701. The second-order valence-electron chi connectivity index (χ2n) is 4.27. The maximum Gasteiger partial charge on any atom is 0.416 e. The highest BCUT2D eigenvalue weighted by Gasteiger charge is 2.39. The fourth-order valence-corrected chi connectivity index (χ4v) is 3.67. The average Bonchev–Trinajstić information content (AvgIpc) is 2.68. The molecular weight excluding hydrogens is 295 g/mol. The minimum atomic E-state index is -4.48. The Morgan fingerprint density at radius 2 is 2.10 bits per heavy atom. The Kier molecular flexibility index (Phi) is 3.94. The average molecular weight is 305 g/mol. The topological polar surface area (TPSA) is 60.4 Å². The van der Waals surface area contributed by atoms with Gasteiger partial charge in [0.25, 0.3) is 5.91 Å². The van der Waals surface area contributed by atoms with Crippen LogP contribution in [0, 0.1) is 0 Å². The minimum Gasteiger partial charge on any atom is -0.545 e.